The first-order valence-corrected chi connectivity index (χ1v) is 5.22. The molecule has 1 N–H and O–H groups in total. The maximum Gasteiger partial charge on any atom is 0.256 e. The SMILES string of the molecule is CC#CCNc1nc(Cl)nc(-n2cccn2)n1. The molecule has 0 atom stereocenters. The molecule has 2 rings (SSSR count). The average Bonchev–Trinajstić information content (AvgIpc) is 2.82. The standard InChI is InChI=1S/C10H9ClN6/c1-2-3-5-12-9-14-8(11)15-10(16-9)17-7-4-6-13-17/h4,6-7H,5H2,1H3,(H,12,14,15,16). The molecule has 2 heterocycles. The van der Waals surface area contributed by atoms with E-state index in [1.807, 2.05) is 0 Å². The Balaban J connectivity index is 2.25. The van der Waals surface area contributed by atoms with Gasteiger partial charge < -0.3 is 5.32 Å². The molecule has 0 bridgehead atoms. The molecule has 0 aromatic carbocycles. The number of hydrogen-bond acceptors (Lipinski definition) is 5. The maximum absolute atomic E-state index is 5.80. The lowest BCUT2D eigenvalue weighted by Crippen LogP contribution is -2.09. The van der Waals surface area contributed by atoms with Crippen LogP contribution in [0.4, 0.5) is 5.95 Å². The van der Waals surface area contributed by atoms with E-state index < -0.39 is 0 Å². The van der Waals surface area contributed by atoms with Crippen LogP contribution in [0.5, 0.6) is 0 Å². The molecule has 17 heavy (non-hydrogen) atoms. The molecule has 2 aromatic rings. The monoisotopic (exact) mass is 248 g/mol. The summed E-state index contributed by atoms with van der Waals surface area (Å²) in [6, 6.07) is 1.77. The molecule has 86 valence electrons. The van der Waals surface area contributed by atoms with Crippen molar-refractivity contribution in [1.29, 1.82) is 0 Å². The smallest absolute Gasteiger partial charge is 0.256 e. The van der Waals surface area contributed by atoms with E-state index in [4.69, 9.17) is 11.6 Å². The van der Waals surface area contributed by atoms with E-state index in [9.17, 15) is 0 Å². The first kappa shape index (κ1) is 11.4. The van der Waals surface area contributed by atoms with E-state index >= 15 is 0 Å². The summed E-state index contributed by atoms with van der Waals surface area (Å²) < 4.78 is 1.50. The van der Waals surface area contributed by atoms with Gasteiger partial charge in [0.15, 0.2) is 0 Å². The highest BCUT2D eigenvalue weighted by Gasteiger charge is 2.05. The van der Waals surface area contributed by atoms with Crippen LogP contribution in [0.2, 0.25) is 5.28 Å². The quantitative estimate of drug-likeness (QED) is 0.825. The van der Waals surface area contributed by atoms with E-state index in [1.54, 1.807) is 25.4 Å². The van der Waals surface area contributed by atoms with Crippen LogP contribution in [0.15, 0.2) is 18.5 Å². The van der Waals surface area contributed by atoms with Crippen molar-refractivity contribution in [2.24, 2.45) is 0 Å². The fraction of sp³-hybridized carbons (Fsp3) is 0.200. The van der Waals surface area contributed by atoms with Gasteiger partial charge >= 0.3 is 0 Å². The summed E-state index contributed by atoms with van der Waals surface area (Å²) in [5.41, 5.74) is 0. The molecule has 0 spiro atoms. The van der Waals surface area contributed by atoms with Gasteiger partial charge in [0.25, 0.3) is 5.95 Å². The molecule has 0 unspecified atom stereocenters. The van der Waals surface area contributed by atoms with E-state index in [0.717, 1.165) is 0 Å². The normalized spacial score (nSPS) is 9.53. The van der Waals surface area contributed by atoms with Crippen molar-refractivity contribution in [3.63, 3.8) is 0 Å². The summed E-state index contributed by atoms with van der Waals surface area (Å²) in [5.74, 6) is 6.34. The molecule has 6 nitrogen and oxygen atoms in total. The van der Waals surface area contributed by atoms with Crippen molar-refractivity contribution in [1.82, 2.24) is 24.7 Å². The van der Waals surface area contributed by atoms with Crippen molar-refractivity contribution in [3.05, 3.63) is 23.7 Å². The number of rotatable bonds is 3. The Morgan fingerprint density at radius 3 is 3.00 bits per heavy atom. The Hall–Kier alpha value is -2.13. The van der Waals surface area contributed by atoms with Gasteiger partial charge in [0.1, 0.15) is 0 Å². The topological polar surface area (TPSA) is 68.5 Å². The molecule has 0 fully saturated rings. The molecule has 0 saturated carbocycles. The highest BCUT2D eigenvalue weighted by molar-refractivity contribution is 6.28. The van der Waals surface area contributed by atoms with Crippen LogP contribution in [0.1, 0.15) is 6.92 Å². The van der Waals surface area contributed by atoms with Crippen LogP contribution in [-0.4, -0.2) is 31.3 Å². The third-order valence-corrected chi connectivity index (χ3v) is 1.99. The van der Waals surface area contributed by atoms with Crippen LogP contribution in [0, 0.1) is 11.8 Å². The number of aromatic nitrogens is 5. The first-order valence-electron chi connectivity index (χ1n) is 4.84. The zero-order valence-corrected chi connectivity index (χ0v) is 9.81. The molecule has 2 aromatic heterocycles. The van der Waals surface area contributed by atoms with Crippen molar-refractivity contribution in [3.8, 4) is 17.8 Å². The zero-order valence-electron chi connectivity index (χ0n) is 9.05. The van der Waals surface area contributed by atoms with Crippen LogP contribution < -0.4 is 5.32 Å². The molecular weight excluding hydrogens is 240 g/mol. The summed E-state index contributed by atoms with van der Waals surface area (Å²) in [6.45, 7) is 2.21. The summed E-state index contributed by atoms with van der Waals surface area (Å²) in [4.78, 5) is 12.1. The Bertz CT molecular complexity index is 554. The molecule has 0 aliphatic carbocycles. The summed E-state index contributed by atoms with van der Waals surface area (Å²) in [5, 5.41) is 7.05. The van der Waals surface area contributed by atoms with Gasteiger partial charge in [-0.05, 0) is 24.6 Å². The second kappa shape index (κ2) is 5.27. The number of halogens is 1. The third kappa shape index (κ3) is 2.92. The van der Waals surface area contributed by atoms with Gasteiger partial charge in [-0.1, -0.05) is 5.92 Å². The van der Waals surface area contributed by atoms with E-state index in [1.165, 1.54) is 4.68 Å². The maximum atomic E-state index is 5.80. The van der Waals surface area contributed by atoms with Crippen molar-refractivity contribution in [2.45, 2.75) is 6.92 Å². The van der Waals surface area contributed by atoms with Gasteiger partial charge in [-0.2, -0.15) is 20.1 Å². The summed E-state index contributed by atoms with van der Waals surface area (Å²) in [6.07, 6.45) is 3.36. The lowest BCUT2D eigenvalue weighted by molar-refractivity contribution is 0.796. The summed E-state index contributed by atoms with van der Waals surface area (Å²) in [7, 11) is 0. The van der Waals surface area contributed by atoms with E-state index in [0.29, 0.717) is 18.4 Å². The Kier molecular flexibility index (Phi) is 3.52. The lowest BCUT2D eigenvalue weighted by atomic mass is 10.6. The molecule has 0 aliphatic heterocycles. The van der Waals surface area contributed by atoms with Crippen LogP contribution in [0.25, 0.3) is 5.95 Å². The Morgan fingerprint density at radius 2 is 2.29 bits per heavy atom. The zero-order chi connectivity index (χ0) is 12.1. The minimum atomic E-state index is 0.109. The number of nitrogens with zero attached hydrogens (tertiary/aromatic N) is 5. The van der Waals surface area contributed by atoms with Gasteiger partial charge in [-0.3, -0.25) is 0 Å². The fourth-order valence-corrected chi connectivity index (χ4v) is 1.28. The van der Waals surface area contributed by atoms with Crippen molar-refractivity contribution >= 4 is 17.5 Å². The predicted octanol–water partition coefficient (Wildman–Crippen LogP) is 1.15. The lowest BCUT2D eigenvalue weighted by Gasteiger charge is -2.03. The van der Waals surface area contributed by atoms with Crippen LogP contribution >= 0.6 is 11.6 Å². The van der Waals surface area contributed by atoms with Crippen LogP contribution in [0.3, 0.4) is 0 Å². The molecule has 0 saturated heterocycles. The summed E-state index contributed by atoms with van der Waals surface area (Å²) >= 11 is 5.80. The first-order chi connectivity index (χ1) is 8.29. The Morgan fingerprint density at radius 1 is 1.41 bits per heavy atom. The highest BCUT2D eigenvalue weighted by Crippen LogP contribution is 2.08. The van der Waals surface area contributed by atoms with Gasteiger partial charge in [0.05, 0.1) is 6.54 Å². The number of nitrogens with one attached hydrogen (secondary N) is 1. The van der Waals surface area contributed by atoms with Crippen molar-refractivity contribution < 1.29 is 0 Å². The molecule has 0 amide bonds. The fourth-order valence-electron chi connectivity index (χ4n) is 1.12. The molecule has 0 aliphatic rings. The molecule has 0 radical (unpaired) electrons. The highest BCUT2D eigenvalue weighted by atomic mass is 35.5. The number of anilines is 1. The van der Waals surface area contributed by atoms with Gasteiger partial charge in [-0.25, -0.2) is 4.68 Å². The van der Waals surface area contributed by atoms with Gasteiger partial charge in [0.2, 0.25) is 11.2 Å². The minimum Gasteiger partial charge on any atom is -0.343 e. The third-order valence-electron chi connectivity index (χ3n) is 1.82. The minimum absolute atomic E-state index is 0.109. The van der Waals surface area contributed by atoms with E-state index in [2.05, 4.69) is 37.2 Å². The average molecular weight is 249 g/mol. The van der Waals surface area contributed by atoms with Crippen LogP contribution in [-0.2, 0) is 0 Å². The largest absolute Gasteiger partial charge is 0.343 e. The second-order valence-corrected chi connectivity index (χ2v) is 3.30. The molecular formula is C10H9ClN6. The van der Waals surface area contributed by atoms with Crippen molar-refractivity contribution in [2.75, 3.05) is 11.9 Å². The number of hydrogen-bond donors (Lipinski definition) is 1. The predicted molar refractivity (Wildman–Crippen MR) is 63.9 cm³/mol. The van der Waals surface area contributed by atoms with Gasteiger partial charge in [0, 0.05) is 12.4 Å². The van der Waals surface area contributed by atoms with E-state index in [-0.39, 0.29) is 5.28 Å². The Labute approximate surface area is 103 Å². The van der Waals surface area contributed by atoms with Gasteiger partial charge in [-0.15, -0.1) is 5.92 Å². The molecule has 7 heteroatoms. The second-order valence-electron chi connectivity index (χ2n) is 2.96.